The minimum atomic E-state index is -3.44. The summed E-state index contributed by atoms with van der Waals surface area (Å²) in [5.41, 5.74) is 3.58. The van der Waals surface area contributed by atoms with Gasteiger partial charge in [0.2, 0.25) is 10.0 Å². The first-order valence-electron chi connectivity index (χ1n) is 8.84. The number of nitrogens with one attached hydrogen (secondary N) is 1. The third-order valence-corrected chi connectivity index (χ3v) is 6.09. The van der Waals surface area contributed by atoms with Crippen molar-refractivity contribution in [2.24, 2.45) is 0 Å². The quantitative estimate of drug-likeness (QED) is 0.733. The van der Waals surface area contributed by atoms with Gasteiger partial charge in [0.25, 0.3) is 0 Å². The van der Waals surface area contributed by atoms with Gasteiger partial charge in [-0.25, -0.2) is 13.1 Å². The van der Waals surface area contributed by atoms with E-state index >= 15 is 0 Å². The van der Waals surface area contributed by atoms with E-state index in [4.69, 9.17) is 4.74 Å². The predicted octanol–water partition coefficient (Wildman–Crippen LogP) is 3.62. The molecule has 0 saturated heterocycles. The fourth-order valence-electron chi connectivity index (χ4n) is 3.16. The maximum atomic E-state index is 12.4. The molecule has 0 heterocycles. The van der Waals surface area contributed by atoms with Gasteiger partial charge in [-0.05, 0) is 61.4 Å². The lowest BCUT2D eigenvalue weighted by atomic mass is 10.1. The molecule has 0 fully saturated rings. The summed E-state index contributed by atoms with van der Waals surface area (Å²) in [4.78, 5) is 0.367. The van der Waals surface area contributed by atoms with E-state index < -0.39 is 10.0 Å². The Labute approximate surface area is 150 Å². The van der Waals surface area contributed by atoms with Crippen molar-refractivity contribution in [3.8, 4) is 0 Å². The van der Waals surface area contributed by atoms with Crippen LogP contribution in [0.25, 0.3) is 0 Å². The van der Waals surface area contributed by atoms with Gasteiger partial charge < -0.3 is 4.74 Å². The minimum Gasteiger partial charge on any atom is -0.374 e. The van der Waals surface area contributed by atoms with Crippen LogP contribution < -0.4 is 4.72 Å². The van der Waals surface area contributed by atoms with Crippen molar-refractivity contribution in [3.05, 3.63) is 65.2 Å². The van der Waals surface area contributed by atoms with Gasteiger partial charge in [0.1, 0.15) is 0 Å². The Morgan fingerprint density at radius 2 is 1.84 bits per heavy atom. The van der Waals surface area contributed by atoms with Gasteiger partial charge in [0, 0.05) is 13.2 Å². The molecule has 0 bridgehead atoms. The van der Waals surface area contributed by atoms with Crippen LogP contribution in [0, 0.1) is 0 Å². The number of aryl methyl sites for hydroxylation is 2. The zero-order valence-electron chi connectivity index (χ0n) is 14.6. The molecule has 0 aliphatic heterocycles. The van der Waals surface area contributed by atoms with Crippen molar-refractivity contribution in [2.75, 3.05) is 13.2 Å². The van der Waals surface area contributed by atoms with E-state index in [1.165, 1.54) is 11.1 Å². The molecule has 3 rings (SSSR count). The molecule has 0 amide bonds. The largest absolute Gasteiger partial charge is 0.374 e. The molecule has 1 N–H and O–H groups in total. The van der Waals surface area contributed by atoms with Gasteiger partial charge in [0.15, 0.2) is 0 Å². The molecule has 2 aromatic rings. The van der Waals surface area contributed by atoms with Crippen LogP contribution in [0.15, 0.2) is 53.4 Å². The van der Waals surface area contributed by atoms with Crippen LogP contribution in [0.4, 0.5) is 0 Å². The van der Waals surface area contributed by atoms with E-state index in [0.29, 0.717) is 24.5 Å². The normalized spacial score (nSPS) is 15.1. The number of rotatable bonds is 8. The highest BCUT2D eigenvalue weighted by atomic mass is 32.2. The van der Waals surface area contributed by atoms with Gasteiger partial charge >= 0.3 is 0 Å². The van der Waals surface area contributed by atoms with Crippen molar-refractivity contribution in [1.82, 2.24) is 4.72 Å². The fraction of sp³-hybridized carbons (Fsp3) is 0.400. The summed E-state index contributed by atoms with van der Waals surface area (Å²) in [6.45, 7) is 2.90. The van der Waals surface area contributed by atoms with Crippen molar-refractivity contribution in [1.29, 1.82) is 0 Å². The Hall–Kier alpha value is -1.69. The second kappa shape index (κ2) is 8.13. The molecule has 1 aliphatic carbocycles. The van der Waals surface area contributed by atoms with Gasteiger partial charge in [-0.3, -0.25) is 0 Å². The zero-order valence-corrected chi connectivity index (χ0v) is 15.4. The Morgan fingerprint density at radius 1 is 1.08 bits per heavy atom. The second-order valence-corrected chi connectivity index (χ2v) is 8.23. The van der Waals surface area contributed by atoms with Crippen LogP contribution in [0.3, 0.4) is 0 Å². The summed E-state index contributed by atoms with van der Waals surface area (Å²) in [5, 5.41) is 0. The fourth-order valence-corrected chi connectivity index (χ4v) is 4.28. The molecule has 134 valence electrons. The topological polar surface area (TPSA) is 55.4 Å². The number of fused-ring (bicyclic) bond motifs is 1. The highest BCUT2D eigenvalue weighted by Crippen LogP contribution is 2.24. The Bertz CT molecular complexity index is 803. The highest BCUT2D eigenvalue weighted by Gasteiger charge is 2.18. The van der Waals surface area contributed by atoms with E-state index in [1.54, 1.807) is 6.07 Å². The van der Waals surface area contributed by atoms with Crippen LogP contribution in [0.5, 0.6) is 0 Å². The van der Waals surface area contributed by atoms with Crippen molar-refractivity contribution in [2.45, 2.75) is 43.6 Å². The van der Waals surface area contributed by atoms with E-state index in [0.717, 1.165) is 24.8 Å². The molecule has 0 saturated carbocycles. The molecule has 0 radical (unpaired) electrons. The number of sulfonamides is 1. The Morgan fingerprint density at radius 3 is 2.64 bits per heavy atom. The van der Waals surface area contributed by atoms with Crippen molar-refractivity contribution < 1.29 is 13.2 Å². The monoisotopic (exact) mass is 359 g/mol. The van der Waals surface area contributed by atoms with Gasteiger partial charge in [-0.1, -0.05) is 36.4 Å². The number of hydrogen-bond donors (Lipinski definition) is 1. The number of ether oxygens (including phenoxy) is 1. The maximum absolute atomic E-state index is 12.4. The summed E-state index contributed by atoms with van der Waals surface area (Å²) in [6, 6.07) is 15.5. The maximum Gasteiger partial charge on any atom is 0.240 e. The number of benzene rings is 2. The van der Waals surface area contributed by atoms with E-state index in [2.05, 4.69) is 4.72 Å². The molecule has 1 atom stereocenters. The SMILES string of the molecule is CC(OCCCNS(=O)(=O)c1ccc2c(c1)CCC2)c1ccccc1. The third-order valence-electron chi connectivity index (χ3n) is 4.63. The average Bonchev–Trinajstić information content (AvgIpc) is 3.09. The first kappa shape index (κ1) is 18.1. The summed E-state index contributed by atoms with van der Waals surface area (Å²) < 4.78 is 33.2. The summed E-state index contributed by atoms with van der Waals surface area (Å²) >= 11 is 0. The van der Waals surface area contributed by atoms with Crippen LogP contribution in [0.1, 0.15) is 42.6 Å². The summed E-state index contributed by atoms with van der Waals surface area (Å²) in [6.07, 6.45) is 3.80. The van der Waals surface area contributed by atoms with Crippen LogP contribution in [-0.4, -0.2) is 21.6 Å². The second-order valence-electron chi connectivity index (χ2n) is 6.46. The standard InChI is InChI=1S/C20H25NO3S/c1-16(17-7-3-2-4-8-17)24-14-6-13-21-25(22,23)20-12-11-18-9-5-10-19(18)15-20/h2-4,7-8,11-12,15-16,21H,5-6,9-10,13-14H2,1H3. The van der Waals surface area contributed by atoms with Gasteiger partial charge in [0.05, 0.1) is 11.0 Å². The predicted molar refractivity (Wildman–Crippen MR) is 99.1 cm³/mol. The Kier molecular flexibility index (Phi) is 5.89. The lowest BCUT2D eigenvalue weighted by molar-refractivity contribution is 0.0647. The van der Waals surface area contributed by atoms with E-state index in [-0.39, 0.29) is 6.10 Å². The zero-order chi connectivity index (χ0) is 17.7. The molecular weight excluding hydrogens is 334 g/mol. The van der Waals surface area contributed by atoms with Crippen molar-refractivity contribution >= 4 is 10.0 Å². The molecule has 25 heavy (non-hydrogen) atoms. The molecule has 2 aromatic carbocycles. The van der Waals surface area contributed by atoms with Gasteiger partial charge in [-0.2, -0.15) is 0 Å². The molecular formula is C20H25NO3S. The lowest BCUT2D eigenvalue weighted by Gasteiger charge is -2.13. The number of hydrogen-bond acceptors (Lipinski definition) is 3. The molecule has 4 nitrogen and oxygen atoms in total. The van der Waals surface area contributed by atoms with Gasteiger partial charge in [-0.15, -0.1) is 0 Å². The van der Waals surface area contributed by atoms with Crippen LogP contribution in [0.2, 0.25) is 0 Å². The smallest absolute Gasteiger partial charge is 0.240 e. The molecule has 1 unspecified atom stereocenters. The van der Waals surface area contributed by atoms with Crippen molar-refractivity contribution in [3.63, 3.8) is 0 Å². The summed E-state index contributed by atoms with van der Waals surface area (Å²) in [7, 11) is -3.44. The molecule has 0 aromatic heterocycles. The highest BCUT2D eigenvalue weighted by molar-refractivity contribution is 7.89. The Balaban J connectivity index is 1.45. The summed E-state index contributed by atoms with van der Waals surface area (Å²) in [5.74, 6) is 0. The average molecular weight is 359 g/mol. The first-order chi connectivity index (χ1) is 12.1. The first-order valence-corrected chi connectivity index (χ1v) is 10.3. The van der Waals surface area contributed by atoms with Crippen LogP contribution in [-0.2, 0) is 27.6 Å². The minimum absolute atomic E-state index is 0.00881. The van der Waals surface area contributed by atoms with Crippen LogP contribution >= 0.6 is 0 Å². The molecule has 1 aliphatic rings. The lowest BCUT2D eigenvalue weighted by Crippen LogP contribution is -2.25. The van der Waals surface area contributed by atoms with E-state index in [1.807, 2.05) is 49.4 Å². The molecule has 5 heteroatoms. The van der Waals surface area contributed by atoms with E-state index in [9.17, 15) is 8.42 Å². The molecule has 0 spiro atoms. The third kappa shape index (κ3) is 4.69.